The molecule has 1 aromatic carbocycles. The number of carbonyl (C=O) groups excluding carboxylic acids is 1. The number of halogens is 1. The highest BCUT2D eigenvalue weighted by Crippen LogP contribution is 2.12. The van der Waals surface area contributed by atoms with Crippen molar-refractivity contribution in [2.45, 2.75) is 19.4 Å². The molecule has 1 heterocycles. The predicted octanol–water partition coefficient (Wildman–Crippen LogP) is 1.80. The van der Waals surface area contributed by atoms with Crippen LogP contribution >= 0.6 is 11.6 Å². The standard InChI is InChI=1S/C11H11ClN2O/c1-7-11(15)14-10(13-7)6-8-3-2-4-9(12)5-8/h2-5,7H,6H2,1H3,(H,13,14,15). The molecule has 0 saturated heterocycles. The summed E-state index contributed by atoms with van der Waals surface area (Å²) in [6.07, 6.45) is 0.622. The smallest absolute Gasteiger partial charge is 0.249 e. The zero-order valence-corrected chi connectivity index (χ0v) is 9.08. The summed E-state index contributed by atoms with van der Waals surface area (Å²) in [5.41, 5.74) is 1.05. The molecule has 1 aliphatic heterocycles. The molecule has 1 amide bonds. The summed E-state index contributed by atoms with van der Waals surface area (Å²) in [6.45, 7) is 1.78. The molecule has 0 saturated carbocycles. The maximum atomic E-state index is 11.2. The van der Waals surface area contributed by atoms with Crippen LogP contribution in [-0.2, 0) is 11.2 Å². The van der Waals surface area contributed by atoms with E-state index in [4.69, 9.17) is 11.6 Å². The Morgan fingerprint density at radius 3 is 2.93 bits per heavy atom. The third kappa shape index (κ3) is 2.36. The quantitative estimate of drug-likeness (QED) is 0.815. The van der Waals surface area contributed by atoms with E-state index >= 15 is 0 Å². The molecule has 1 unspecified atom stereocenters. The average molecular weight is 223 g/mol. The van der Waals surface area contributed by atoms with Crippen molar-refractivity contribution in [3.05, 3.63) is 34.9 Å². The van der Waals surface area contributed by atoms with E-state index in [9.17, 15) is 4.79 Å². The predicted molar refractivity (Wildman–Crippen MR) is 60.2 cm³/mol. The second-order valence-electron chi connectivity index (χ2n) is 3.55. The van der Waals surface area contributed by atoms with E-state index < -0.39 is 0 Å². The van der Waals surface area contributed by atoms with Gasteiger partial charge < -0.3 is 5.32 Å². The highest BCUT2D eigenvalue weighted by atomic mass is 35.5. The Kier molecular flexibility index (Phi) is 2.73. The molecule has 1 aliphatic rings. The van der Waals surface area contributed by atoms with Crippen LogP contribution in [0.15, 0.2) is 29.3 Å². The minimum atomic E-state index is -0.265. The molecule has 0 spiro atoms. The lowest BCUT2D eigenvalue weighted by molar-refractivity contribution is -0.119. The normalized spacial score (nSPS) is 20.0. The van der Waals surface area contributed by atoms with Gasteiger partial charge in [-0.1, -0.05) is 23.7 Å². The Labute approximate surface area is 93.2 Å². The summed E-state index contributed by atoms with van der Waals surface area (Å²) in [4.78, 5) is 15.4. The van der Waals surface area contributed by atoms with Gasteiger partial charge in [0.15, 0.2) is 0 Å². The van der Waals surface area contributed by atoms with Crippen LogP contribution in [0.25, 0.3) is 0 Å². The third-order valence-electron chi connectivity index (χ3n) is 2.26. The average Bonchev–Trinajstić information content (AvgIpc) is 2.45. The summed E-state index contributed by atoms with van der Waals surface area (Å²) in [5, 5.41) is 3.44. The molecule has 2 rings (SSSR count). The SMILES string of the molecule is CC1N=C(Cc2cccc(Cl)c2)NC1=O. The van der Waals surface area contributed by atoms with Crippen molar-refractivity contribution in [3.8, 4) is 0 Å². The van der Waals surface area contributed by atoms with Crippen LogP contribution in [0.3, 0.4) is 0 Å². The number of benzene rings is 1. The zero-order chi connectivity index (χ0) is 10.8. The molecule has 4 heteroatoms. The summed E-state index contributed by atoms with van der Waals surface area (Å²) >= 11 is 5.86. The molecule has 0 bridgehead atoms. The van der Waals surface area contributed by atoms with Gasteiger partial charge in [0.1, 0.15) is 11.9 Å². The second kappa shape index (κ2) is 4.03. The molecule has 0 radical (unpaired) electrons. The number of aliphatic imine (C=N–C) groups is 1. The van der Waals surface area contributed by atoms with Crippen molar-refractivity contribution in [1.29, 1.82) is 0 Å². The van der Waals surface area contributed by atoms with E-state index in [-0.39, 0.29) is 11.9 Å². The summed E-state index contributed by atoms with van der Waals surface area (Å²) in [7, 11) is 0. The molecule has 15 heavy (non-hydrogen) atoms. The molecule has 0 fully saturated rings. The number of nitrogens with zero attached hydrogens (tertiary/aromatic N) is 1. The van der Waals surface area contributed by atoms with Crippen LogP contribution in [0.2, 0.25) is 5.02 Å². The van der Waals surface area contributed by atoms with Gasteiger partial charge in [-0.15, -0.1) is 0 Å². The fraction of sp³-hybridized carbons (Fsp3) is 0.273. The number of rotatable bonds is 2. The molecule has 0 aliphatic carbocycles. The van der Waals surface area contributed by atoms with E-state index in [1.54, 1.807) is 6.92 Å². The van der Waals surface area contributed by atoms with Gasteiger partial charge in [-0.25, -0.2) is 0 Å². The van der Waals surface area contributed by atoms with E-state index in [1.807, 2.05) is 24.3 Å². The van der Waals surface area contributed by atoms with Gasteiger partial charge in [-0.3, -0.25) is 9.79 Å². The van der Waals surface area contributed by atoms with Gasteiger partial charge in [0.2, 0.25) is 5.91 Å². The molecule has 0 aromatic heterocycles. The van der Waals surface area contributed by atoms with Gasteiger partial charge in [0, 0.05) is 11.4 Å². The van der Waals surface area contributed by atoms with Crippen molar-refractivity contribution in [2.75, 3.05) is 0 Å². The van der Waals surface area contributed by atoms with Crippen molar-refractivity contribution in [3.63, 3.8) is 0 Å². The first-order valence-corrected chi connectivity index (χ1v) is 5.15. The number of amides is 1. The van der Waals surface area contributed by atoms with Gasteiger partial charge in [-0.2, -0.15) is 0 Å². The fourth-order valence-electron chi connectivity index (χ4n) is 1.50. The van der Waals surface area contributed by atoms with Crippen molar-refractivity contribution >= 4 is 23.3 Å². The first-order valence-electron chi connectivity index (χ1n) is 4.77. The first kappa shape index (κ1) is 10.2. The Bertz CT molecular complexity index is 428. The lowest BCUT2D eigenvalue weighted by atomic mass is 10.1. The van der Waals surface area contributed by atoms with Crippen LogP contribution in [0, 0.1) is 0 Å². The lowest BCUT2D eigenvalue weighted by Gasteiger charge is -2.01. The Morgan fingerprint density at radius 1 is 1.53 bits per heavy atom. The molecule has 78 valence electrons. The van der Waals surface area contributed by atoms with E-state index in [0.717, 1.165) is 11.4 Å². The highest BCUT2D eigenvalue weighted by Gasteiger charge is 2.21. The molecule has 1 atom stereocenters. The Balaban J connectivity index is 2.10. The third-order valence-corrected chi connectivity index (χ3v) is 2.49. The highest BCUT2D eigenvalue weighted by molar-refractivity contribution is 6.30. The number of hydrogen-bond donors (Lipinski definition) is 1. The van der Waals surface area contributed by atoms with E-state index in [2.05, 4.69) is 10.3 Å². The fourth-order valence-corrected chi connectivity index (χ4v) is 1.71. The van der Waals surface area contributed by atoms with E-state index in [0.29, 0.717) is 11.4 Å². The minimum absolute atomic E-state index is 0.0352. The molecular weight excluding hydrogens is 212 g/mol. The molecular formula is C11H11ClN2O. The minimum Gasteiger partial charge on any atom is -0.312 e. The van der Waals surface area contributed by atoms with Crippen molar-refractivity contribution in [2.24, 2.45) is 4.99 Å². The van der Waals surface area contributed by atoms with Crippen LogP contribution in [0.5, 0.6) is 0 Å². The van der Waals surface area contributed by atoms with E-state index in [1.165, 1.54) is 0 Å². The van der Waals surface area contributed by atoms with Crippen LogP contribution in [0.1, 0.15) is 12.5 Å². The topological polar surface area (TPSA) is 41.5 Å². The summed E-state index contributed by atoms with van der Waals surface area (Å²) in [6, 6.07) is 7.28. The lowest BCUT2D eigenvalue weighted by Crippen LogP contribution is -2.28. The van der Waals surface area contributed by atoms with Crippen molar-refractivity contribution < 1.29 is 4.79 Å². The summed E-state index contributed by atoms with van der Waals surface area (Å²) < 4.78 is 0. The second-order valence-corrected chi connectivity index (χ2v) is 3.98. The van der Waals surface area contributed by atoms with Gasteiger partial charge in [-0.05, 0) is 24.6 Å². The maximum Gasteiger partial charge on any atom is 0.249 e. The maximum absolute atomic E-state index is 11.2. The van der Waals surface area contributed by atoms with Crippen molar-refractivity contribution in [1.82, 2.24) is 5.32 Å². The zero-order valence-electron chi connectivity index (χ0n) is 8.33. The molecule has 1 N–H and O–H groups in total. The van der Waals surface area contributed by atoms with Crippen LogP contribution < -0.4 is 5.32 Å². The monoisotopic (exact) mass is 222 g/mol. The van der Waals surface area contributed by atoms with Gasteiger partial charge in [0.05, 0.1) is 0 Å². The molecule has 3 nitrogen and oxygen atoms in total. The summed E-state index contributed by atoms with van der Waals surface area (Å²) in [5.74, 6) is 0.682. The van der Waals surface area contributed by atoms with Gasteiger partial charge >= 0.3 is 0 Å². The molecule has 1 aromatic rings. The van der Waals surface area contributed by atoms with Crippen LogP contribution in [0.4, 0.5) is 0 Å². The number of nitrogens with one attached hydrogen (secondary N) is 1. The first-order chi connectivity index (χ1) is 7.15. The number of hydrogen-bond acceptors (Lipinski definition) is 2. The number of amidine groups is 1. The van der Waals surface area contributed by atoms with Gasteiger partial charge in [0.25, 0.3) is 0 Å². The van der Waals surface area contributed by atoms with Crippen LogP contribution in [-0.4, -0.2) is 17.8 Å². The Morgan fingerprint density at radius 2 is 2.33 bits per heavy atom. The Hall–Kier alpha value is -1.35. The largest absolute Gasteiger partial charge is 0.312 e. The number of carbonyl (C=O) groups is 1.